The van der Waals surface area contributed by atoms with Gasteiger partial charge in [0.15, 0.2) is 23.2 Å². The normalized spacial score (nSPS) is 14.3. The summed E-state index contributed by atoms with van der Waals surface area (Å²) >= 11 is 0. The molecule has 0 amide bonds. The molecule has 33 heavy (non-hydrogen) atoms. The molecule has 2 N–H and O–H groups in total. The molecule has 9 nitrogen and oxygen atoms in total. The first-order chi connectivity index (χ1) is 14.7. The Balaban J connectivity index is 0.00000272. The van der Waals surface area contributed by atoms with Crippen molar-refractivity contribution < 1.29 is 102 Å². The second-order valence-electron chi connectivity index (χ2n) is 6.80. The summed E-state index contributed by atoms with van der Waals surface area (Å²) in [4.78, 5) is 35.0. The maximum atomic E-state index is 12.9. The zero-order chi connectivity index (χ0) is 22.6. The van der Waals surface area contributed by atoms with E-state index in [0.717, 1.165) is 0 Å². The number of Topliss-reactive ketones (excluding diaryl/α,β-unsaturated/α-hetero) is 1. The van der Waals surface area contributed by atoms with Crippen molar-refractivity contribution in [1.82, 2.24) is 0 Å². The molecule has 3 rings (SSSR count). The Labute approximate surface area is 239 Å². The molecule has 1 aliphatic heterocycles. The van der Waals surface area contributed by atoms with Gasteiger partial charge in [-0.25, -0.2) is 0 Å². The van der Waals surface area contributed by atoms with Crippen LogP contribution in [0.5, 0.6) is 23.0 Å². The van der Waals surface area contributed by atoms with Crippen molar-refractivity contribution in [2.75, 3.05) is 19.7 Å². The van der Waals surface area contributed by atoms with Gasteiger partial charge in [0.05, 0.1) is 19.3 Å². The predicted molar refractivity (Wildman–Crippen MR) is 112 cm³/mol. The number of methoxy groups -OCH3 is 1. The molecule has 0 unspecified atom stereocenters. The molecule has 13 heteroatoms. The third-order valence-corrected chi connectivity index (χ3v) is 6.40. The van der Waals surface area contributed by atoms with Crippen molar-refractivity contribution in [3.8, 4) is 23.0 Å². The molecule has 0 saturated carbocycles. The Morgan fingerprint density at radius 1 is 1.15 bits per heavy atom. The van der Waals surface area contributed by atoms with Crippen LogP contribution in [0.15, 0.2) is 35.2 Å². The molecule has 0 aliphatic carbocycles. The van der Waals surface area contributed by atoms with Gasteiger partial charge in [-0.05, 0) is 36.6 Å². The minimum atomic E-state index is -3.11. The quantitative estimate of drug-likeness (QED) is 0.193. The third-order valence-electron chi connectivity index (χ3n) is 4.58. The van der Waals surface area contributed by atoms with Crippen molar-refractivity contribution in [2.45, 2.75) is 31.1 Å². The monoisotopic (exact) mass is 516 g/mol. The maximum absolute atomic E-state index is 12.9. The summed E-state index contributed by atoms with van der Waals surface area (Å²) in [5.74, 6) is 0.369. The van der Waals surface area contributed by atoms with Gasteiger partial charge in [0.2, 0.25) is 0 Å². The Kier molecular flexibility index (Phi) is 13.0. The van der Waals surface area contributed by atoms with Gasteiger partial charge in [-0.3, -0.25) is 13.9 Å². The Morgan fingerprint density at radius 2 is 1.88 bits per heavy atom. The van der Waals surface area contributed by atoms with Gasteiger partial charge in [0, 0.05) is 12.5 Å². The zero-order valence-corrected chi connectivity index (χ0v) is 24.7. The van der Waals surface area contributed by atoms with Crippen LogP contribution in [-0.4, -0.2) is 34.5 Å². The van der Waals surface area contributed by atoms with E-state index in [1.54, 1.807) is 12.1 Å². The SMILES string of the molecule is CCCOc1cc2c(cc1C(=O)CCc1ccc(OC)c(OP([O-])[O-])c1)OCS2(O)O.[Na+].[Na+]. The fraction of sp³-hybridized carbons (Fsp3) is 0.350. The van der Waals surface area contributed by atoms with Gasteiger partial charge < -0.3 is 28.5 Å². The summed E-state index contributed by atoms with van der Waals surface area (Å²) in [6, 6.07) is 7.73. The first-order valence-electron chi connectivity index (χ1n) is 9.47. The Bertz CT molecular complexity index is 959. The van der Waals surface area contributed by atoms with Gasteiger partial charge >= 0.3 is 59.1 Å². The largest absolute Gasteiger partial charge is 1.00 e. The van der Waals surface area contributed by atoms with E-state index in [2.05, 4.69) is 0 Å². The molecule has 0 fully saturated rings. The number of ketones is 1. The summed E-state index contributed by atoms with van der Waals surface area (Å²) in [7, 11) is -4.77. The summed E-state index contributed by atoms with van der Waals surface area (Å²) in [5, 5.41) is 0. The molecular formula is C20H23Na2O9PS. The molecule has 0 bridgehead atoms. The number of fused-ring (bicyclic) bond motifs is 1. The molecule has 170 valence electrons. The van der Waals surface area contributed by atoms with Crippen LogP contribution in [-0.2, 0) is 6.42 Å². The molecular weight excluding hydrogens is 493 g/mol. The van der Waals surface area contributed by atoms with Crippen molar-refractivity contribution in [2.24, 2.45) is 0 Å². The number of carbonyl (C=O) groups is 1. The summed E-state index contributed by atoms with van der Waals surface area (Å²) in [6.45, 7) is 2.29. The first-order valence-corrected chi connectivity index (χ1v) is 12.3. The average molecular weight is 516 g/mol. The van der Waals surface area contributed by atoms with Gasteiger partial charge in [-0.2, -0.15) is 0 Å². The van der Waals surface area contributed by atoms with Crippen LogP contribution in [0.1, 0.15) is 35.7 Å². The van der Waals surface area contributed by atoms with E-state index in [1.165, 1.54) is 25.3 Å². The minimum Gasteiger partial charge on any atom is -0.810 e. The molecule has 1 heterocycles. The number of aryl methyl sites for hydroxylation is 1. The number of ether oxygens (including phenoxy) is 3. The smallest absolute Gasteiger partial charge is 0.810 e. The molecule has 0 spiro atoms. The topological polar surface area (TPSA) is 141 Å². The number of benzene rings is 2. The Hall–Kier alpha value is -0.0700. The number of hydrogen-bond acceptors (Lipinski definition) is 9. The number of rotatable bonds is 10. The zero-order valence-electron chi connectivity index (χ0n) is 19.0. The molecule has 0 radical (unpaired) electrons. The van der Waals surface area contributed by atoms with E-state index < -0.39 is 19.2 Å². The van der Waals surface area contributed by atoms with Crippen LogP contribution < -0.4 is 87.6 Å². The molecule has 2 aromatic carbocycles. The summed E-state index contributed by atoms with van der Waals surface area (Å²) < 4.78 is 41.1. The number of carbonyl (C=O) groups excluding carboxylic acids is 1. The van der Waals surface area contributed by atoms with Gasteiger partial charge in [0.25, 0.3) is 0 Å². The molecule has 2 aromatic rings. The van der Waals surface area contributed by atoms with Crippen LogP contribution in [0, 0.1) is 0 Å². The molecule has 0 saturated heterocycles. The fourth-order valence-corrected chi connectivity index (χ4v) is 4.55. The maximum Gasteiger partial charge on any atom is 1.00 e. The van der Waals surface area contributed by atoms with Crippen molar-refractivity contribution in [1.29, 1.82) is 0 Å². The molecule has 0 aromatic heterocycles. The summed E-state index contributed by atoms with van der Waals surface area (Å²) in [5.41, 5.74) is 0.973. The number of hydrogen-bond donors (Lipinski definition) is 2. The Morgan fingerprint density at radius 3 is 2.52 bits per heavy atom. The second kappa shape index (κ2) is 13.9. The van der Waals surface area contributed by atoms with Gasteiger partial charge in [-0.1, -0.05) is 21.6 Å². The van der Waals surface area contributed by atoms with Gasteiger partial charge in [-0.15, -0.1) is 10.6 Å². The van der Waals surface area contributed by atoms with Crippen molar-refractivity contribution in [3.63, 3.8) is 0 Å². The van der Waals surface area contributed by atoms with Crippen molar-refractivity contribution in [3.05, 3.63) is 41.5 Å². The predicted octanol–water partition coefficient (Wildman–Crippen LogP) is -2.91. The van der Waals surface area contributed by atoms with Crippen LogP contribution in [0.2, 0.25) is 0 Å². The van der Waals surface area contributed by atoms with Crippen LogP contribution in [0.3, 0.4) is 0 Å². The van der Waals surface area contributed by atoms with E-state index in [0.29, 0.717) is 25.0 Å². The first kappa shape index (κ1) is 31.0. The van der Waals surface area contributed by atoms with Crippen molar-refractivity contribution >= 4 is 25.0 Å². The van der Waals surface area contributed by atoms with Crippen LogP contribution in [0.4, 0.5) is 0 Å². The van der Waals surface area contributed by atoms with E-state index >= 15 is 0 Å². The van der Waals surface area contributed by atoms with Crippen LogP contribution >= 0.6 is 19.2 Å². The second-order valence-corrected chi connectivity index (χ2v) is 9.43. The third kappa shape index (κ3) is 7.96. The molecule has 1 aliphatic rings. The average Bonchev–Trinajstić information content (AvgIpc) is 3.03. The van der Waals surface area contributed by atoms with Crippen LogP contribution in [0.25, 0.3) is 0 Å². The minimum absolute atomic E-state index is 0. The summed E-state index contributed by atoms with van der Waals surface area (Å²) in [6.07, 6.45) is 1.13. The van der Waals surface area contributed by atoms with E-state index in [-0.39, 0.29) is 111 Å². The van der Waals surface area contributed by atoms with Gasteiger partial charge in [0.1, 0.15) is 16.4 Å². The van der Waals surface area contributed by atoms with E-state index in [1.807, 2.05) is 6.92 Å². The fourth-order valence-electron chi connectivity index (χ4n) is 3.09. The molecule has 0 atom stereocenters. The standard InChI is InChI=1S/C20H23O9PS.2Na/c1-3-8-27-17-11-20-19(28-12-31(20,24)25)10-14(17)15(21)6-4-13-5-7-16(26-2)18(9-13)29-30(22)23;;/h5,7,9-11,24-25H,3-4,6,8,12H2,1-2H3;;/q-2;2*+1. The van der Waals surface area contributed by atoms with E-state index in [4.69, 9.17) is 18.7 Å². The van der Waals surface area contributed by atoms with E-state index in [9.17, 15) is 23.7 Å².